The number of alkyl halides is 3. The van der Waals surface area contributed by atoms with Crippen LogP contribution in [0.5, 0.6) is 0 Å². The van der Waals surface area contributed by atoms with Gasteiger partial charge < -0.3 is 5.32 Å². The standard InChI is InChI=1S/C16H14F3N5/c17-16(18,19)14-7-9-20-15(23-14)22-13(11-24-10-4-8-21-24)12-5-2-1-3-6-12/h1-10,13H,11H2,(H,20,22,23). The molecule has 0 aliphatic rings. The van der Waals surface area contributed by atoms with E-state index in [9.17, 15) is 13.2 Å². The SMILES string of the molecule is FC(F)(F)c1ccnc(NC(Cn2cccn2)c2ccccc2)n1. The second-order valence-electron chi connectivity index (χ2n) is 5.10. The zero-order valence-corrected chi connectivity index (χ0v) is 12.5. The lowest BCUT2D eigenvalue weighted by Gasteiger charge is -2.19. The predicted octanol–water partition coefficient (Wildman–Crippen LogP) is 3.55. The highest BCUT2D eigenvalue weighted by Crippen LogP contribution is 2.28. The van der Waals surface area contributed by atoms with Gasteiger partial charge in [0.2, 0.25) is 5.95 Å². The Bertz CT molecular complexity index is 772. The van der Waals surface area contributed by atoms with Gasteiger partial charge in [-0.15, -0.1) is 0 Å². The minimum absolute atomic E-state index is 0.0779. The highest BCUT2D eigenvalue weighted by molar-refractivity contribution is 5.32. The maximum Gasteiger partial charge on any atom is 0.433 e. The molecular weight excluding hydrogens is 319 g/mol. The molecule has 0 aliphatic heterocycles. The molecule has 0 radical (unpaired) electrons. The van der Waals surface area contributed by atoms with E-state index in [1.165, 1.54) is 0 Å². The van der Waals surface area contributed by atoms with E-state index in [0.717, 1.165) is 17.8 Å². The average molecular weight is 333 g/mol. The maximum atomic E-state index is 12.8. The zero-order chi connectivity index (χ0) is 17.0. The number of hydrogen-bond acceptors (Lipinski definition) is 4. The predicted molar refractivity (Wildman–Crippen MR) is 82.1 cm³/mol. The Hall–Kier alpha value is -2.90. The molecule has 1 aromatic carbocycles. The minimum atomic E-state index is -4.51. The summed E-state index contributed by atoms with van der Waals surface area (Å²) in [7, 11) is 0. The molecule has 0 bridgehead atoms. The number of nitrogens with one attached hydrogen (secondary N) is 1. The van der Waals surface area contributed by atoms with Crippen LogP contribution in [-0.2, 0) is 12.7 Å². The lowest BCUT2D eigenvalue weighted by Crippen LogP contribution is -2.20. The second kappa shape index (κ2) is 6.69. The summed E-state index contributed by atoms with van der Waals surface area (Å²) in [5.74, 6) is -0.0779. The number of rotatable bonds is 5. The number of hydrogen-bond donors (Lipinski definition) is 1. The van der Waals surface area contributed by atoms with Crippen molar-refractivity contribution in [2.24, 2.45) is 0 Å². The number of anilines is 1. The van der Waals surface area contributed by atoms with E-state index in [1.807, 2.05) is 30.3 Å². The lowest BCUT2D eigenvalue weighted by atomic mass is 10.1. The van der Waals surface area contributed by atoms with Crippen molar-refractivity contribution in [3.05, 3.63) is 72.3 Å². The number of benzene rings is 1. The molecule has 2 aromatic heterocycles. The fourth-order valence-electron chi connectivity index (χ4n) is 2.26. The Balaban J connectivity index is 1.87. The lowest BCUT2D eigenvalue weighted by molar-refractivity contribution is -0.141. The maximum absolute atomic E-state index is 12.8. The number of aromatic nitrogens is 4. The van der Waals surface area contributed by atoms with Gasteiger partial charge in [-0.3, -0.25) is 4.68 Å². The van der Waals surface area contributed by atoms with Gasteiger partial charge in [0.1, 0.15) is 5.69 Å². The second-order valence-corrected chi connectivity index (χ2v) is 5.10. The van der Waals surface area contributed by atoms with Crippen molar-refractivity contribution in [3.63, 3.8) is 0 Å². The first-order chi connectivity index (χ1) is 11.5. The Morgan fingerprint density at radius 2 is 1.83 bits per heavy atom. The van der Waals surface area contributed by atoms with Crippen molar-refractivity contribution in [1.29, 1.82) is 0 Å². The summed E-state index contributed by atoms with van der Waals surface area (Å²) >= 11 is 0. The first-order valence-corrected chi connectivity index (χ1v) is 7.21. The third kappa shape index (κ3) is 3.89. The van der Waals surface area contributed by atoms with E-state index < -0.39 is 11.9 Å². The molecule has 5 nitrogen and oxygen atoms in total. The van der Waals surface area contributed by atoms with E-state index in [1.54, 1.807) is 23.1 Å². The van der Waals surface area contributed by atoms with Gasteiger partial charge in [0.25, 0.3) is 0 Å². The quantitative estimate of drug-likeness (QED) is 0.776. The number of nitrogens with zero attached hydrogens (tertiary/aromatic N) is 4. The molecule has 0 amide bonds. The van der Waals surface area contributed by atoms with Crippen molar-refractivity contribution in [1.82, 2.24) is 19.7 Å². The van der Waals surface area contributed by atoms with Crippen molar-refractivity contribution in [2.45, 2.75) is 18.8 Å². The molecule has 0 saturated heterocycles. The molecule has 8 heteroatoms. The van der Waals surface area contributed by atoms with Gasteiger partial charge in [0.05, 0.1) is 12.6 Å². The Labute approximate surface area is 136 Å². The van der Waals surface area contributed by atoms with Crippen LogP contribution >= 0.6 is 0 Å². The van der Waals surface area contributed by atoms with E-state index in [2.05, 4.69) is 20.4 Å². The highest BCUT2D eigenvalue weighted by Gasteiger charge is 2.33. The molecule has 24 heavy (non-hydrogen) atoms. The highest BCUT2D eigenvalue weighted by atomic mass is 19.4. The van der Waals surface area contributed by atoms with Gasteiger partial charge in [-0.2, -0.15) is 18.3 Å². The fraction of sp³-hybridized carbons (Fsp3) is 0.188. The molecule has 0 fully saturated rings. The summed E-state index contributed by atoms with van der Waals surface area (Å²) < 4.78 is 40.1. The molecule has 0 aliphatic carbocycles. The molecule has 1 atom stereocenters. The van der Waals surface area contributed by atoms with E-state index in [-0.39, 0.29) is 12.0 Å². The van der Waals surface area contributed by atoms with Crippen LogP contribution in [0.2, 0.25) is 0 Å². The van der Waals surface area contributed by atoms with Gasteiger partial charge in [-0.05, 0) is 17.7 Å². The Morgan fingerprint density at radius 3 is 2.50 bits per heavy atom. The van der Waals surface area contributed by atoms with E-state index in [0.29, 0.717) is 6.54 Å². The van der Waals surface area contributed by atoms with Crippen LogP contribution in [-0.4, -0.2) is 19.7 Å². The summed E-state index contributed by atoms with van der Waals surface area (Å²) in [5, 5.41) is 7.10. The van der Waals surface area contributed by atoms with Crippen LogP contribution < -0.4 is 5.32 Å². The van der Waals surface area contributed by atoms with Gasteiger partial charge in [-0.1, -0.05) is 30.3 Å². The van der Waals surface area contributed by atoms with Crippen molar-refractivity contribution in [3.8, 4) is 0 Å². The zero-order valence-electron chi connectivity index (χ0n) is 12.5. The van der Waals surface area contributed by atoms with E-state index >= 15 is 0 Å². The largest absolute Gasteiger partial charge is 0.433 e. The average Bonchev–Trinajstić information content (AvgIpc) is 3.08. The molecule has 2 heterocycles. The van der Waals surface area contributed by atoms with Gasteiger partial charge in [0, 0.05) is 18.6 Å². The molecule has 3 rings (SSSR count). The molecule has 124 valence electrons. The molecule has 0 saturated carbocycles. The molecule has 3 aromatic rings. The smallest absolute Gasteiger partial charge is 0.346 e. The Morgan fingerprint density at radius 1 is 1.04 bits per heavy atom. The van der Waals surface area contributed by atoms with Gasteiger partial charge in [0.15, 0.2) is 0 Å². The molecular formula is C16H14F3N5. The van der Waals surface area contributed by atoms with Gasteiger partial charge in [-0.25, -0.2) is 9.97 Å². The third-order valence-corrected chi connectivity index (χ3v) is 3.38. The first kappa shape index (κ1) is 16.0. The summed E-state index contributed by atoms with van der Waals surface area (Å²) in [4.78, 5) is 7.46. The van der Waals surface area contributed by atoms with Crippen LogP contribution in [0.3, 0.4) is 0 Å². The summed E-state index contributed by atoms with van der Waals surface area (Å²) in [6.07, 6.45) is 0.00512. The Kier molecular flexibility index (Phi) is 4.45. The molecule has 1 unspecified atom stereocenters. The van der Waals surface area contributed by atoms with Gasteiger partial charge >= 0.3 is 6.18 Å². The number of halogens is 3. The van der Waals surface area contributed by atoms with Crippen molar-refractivity contribution in [2.75, 3.05) is 5.32 Å². The summed E-state index contributed by atoms with van der Waals surface area (Å²) in [5.41, 5.74) is -0.0834. The molecule has 1 N–H and O–H groups in total. The van der Waals surface area contributed by atoms with Crippen LogP contribution in [0.1, 0.15) is 17.3 Å². The fourth-order valence-corrected chi connectivity index (χ4v) is 2.26. The van der Waals surface area contributed by atoms with E-state index in [4.69, 9.17) is 0 Å². The first-order valence-electron chi connectivity index (χ1n) is 7.21. The van der Waals surface area contributed by atoms with Crippen molar-refractivity contribution < 1.29 is 13.2 Å². The summed E-state index contributed by atoms with van der Waals surface area (Å²) in [6.45, 7) is 0.427. The third-order valence-electron chi connectivity index (χ3n) is 3.38. The normalized spacial score (nSPS) is 12.8. The topological polar surface area (TPSA) is 55.6 Å². The van der Waals surface area contributed by atoms with Crippen LogP contribution in [0, 0.1) is 0 Å². The van der Waals surface area contributed by atoms with Crippen LogP contribution in [0.25, 0.3) is 0 Å². The minimum Gasteiger partial charge on any atom is -0.346 e. The van der Waals surface area contributed by atoms with Crippen molar-refractivity contribution >= 4 is 5.95 Å². The summed E-state index contributed by atoms with van der Waals surface area (Å²) in [6, 6.07) is 11.7. The van der Waals surface area contributed by atoms with Crippen LogP contribution in [0.15, 0.2) is 61.1 Å². The van der Waals surface area contributed by atoms with Crippen LogP contribution in [0.4, 0.5) is 19.1 Å². The molecule has 0 spiro atoms. The monoisotopic (exact) mass is 333 g/mol.